The Kier molecular flexibility index (Phi) is 6.96. The van der Waals surface area contributed by atoms with E-state index in [2.05, 4.69) is 26.1 Å². The average Bonchev–Trinajstić information content (AvgIpc) is 3.20. The largest absolute Gasteiger partial charge is 0.468 e. The van der Waals surface area contributed by atoms with Gasteiger partial charge in [-0.15, -0.1) is 0 Å². The molecule has 4 nitrogen and oxygen atoms in total. The smallest absolute Gasteiger partial charge is 0.325 e. The van der Waals surface area contributed by atoms with E-state index in [4.69, 9.17) is 9.47 Å². The molecule has 1 saturated carbocycles. The second-order valence-electron chi connectivity index (χ2n) is 6.52. The Labute approximate surface area is 123 Å². The topological polar surface area (TPSA) is 47.6 Å². The Bertz CT molecular complexity index is 302. The normalized spacial score (nSPS) is 19.7. The van der Waals surface area contributed by atoms with Gasteiger partial charge in [0.2, 0.25) is 0 Å². The van der Waals surface area contributed by atoms with Gasteiger partial charge in [0.15, 0.2) is 0 Å². The highest BCUT2D eigenvalue weighted by atomic mass is 16.5. The first kappa shape index (κ1) is 17.4. The van der Waals surface area contributed by atoms with Crippen molar-refractivity contribution in [3.8, 4) is 0 Å². The molecular formula is C16H31NO3. The lowest BCUT2D eigenvalue weighted by Gasteiger charge is -2.28. The van der Waals surface area contributed by atoms with Gasteiger partial charge in [-0.2, -0.15) is 0 Å². The van der Waals surface area contributed by atoms with Crippen molar-refractivity contribution < 1.29 is 14.3 Å². The third kappa shape index (κ3) is 5.80. The number of hydrogen-bond donors (Lipinski definition) is 1. The van der Waals surface area contributed by atoms with Crippen LogP contribution in [0.4, 0.5) is 0 Å². The van der Waals surface area contributed by atoms with Crippen LogP contribution in [-0.2, 0) is 14.3 Å². The van der Waals surface area contributed by atoms with Crippen molar-refractivity contribution in [3.05, 3.63) is 0 Å². The van der Waals surface area contributed by atoms with Crippen LogP contribution in [0.2, 0.25) is 0 Å². The van der Waals surface area contributed by atoms with Gasteiger partial charge in [0, 0.05) is 12.6 Å². The number of carbonyl (C=O) groups excluding carboxylic acids is 1. The summed E-state index contributed by atoms with van der Waals surface area (Å²) in [4.78, 5) is 11.9. The molecule has 0 heterocycles. The molecular weight excluding hydrogens is 254 g/mol. The summed E-state index contributed by atoms with van der Waals surface area (Å²) in [5, 5.41) is 3.42. The number of hydrogen-bond acceptors (Lipinski definition) is 4. The first-order chi connectivity index (χ1) is 9.39. The quantitative estimate of drug-likeness (QED) is 0.495. The van der Waals surface area contributed by atoms with Crippen LogP contribution in [0.5, 0.6) is 0 Å². The molecule has 0 amide bonds. The lowest BCUT2D eigenvalue weighted by Crippen LogP contribution is -2.51. The predicted molar refractivity (Wildman–Crippen MR) is 80.7 cm³/mol. The third-order valence-corrected chi connectivity index (χ3v) is 4.13. The van der Waals surface area contributed by atoms with E-state index in [-0.39, 0.29) is 5.97 Å². The van der Waals surface area contributed by atoms with Crippen LogP contribution in [0.3, 0.4) is 0 Å². The fraction of sp³-hybridized carbons (Fsp3) is 0.938. The summed E-state index contributed by atoms with van der Waals surface area (Å²) in [6.07, 6.45) is 5.39. The molecule has 4 heteroatoms. The van der Waals surface area contributed by atoms with Gasteiger partial charge in [0.25, 0.3) is 0 Å². The van der Waals surface area contributed by atoms with Crippen LogP contribution in [0.1, 0.15) is 59.8 Å². The lowest BCUT2D eigenvalue weighted by atomic mass is 9.94. The van der Waals surface area contributed by atoms with Gasteiger partial charge in [-0.05, 0) is 51.9 Å². The third-order valence-electron chi connectivity index (χ3n) is 4.13. The maximum absolute atomic E-state index is 11.9. The van der Waals surface area contributed by atoms with E-state index >= 15 is 0 Å². The van der Waals surface area contributed by atoms with E-state index < -0.39 is 5.54 Å². The van der Waals surface area contributed by atoms with Crippen molar-refractivity contribution in [2.24, 2.45) is 5.92 Å². The van der Waals surface area contributed by atoms with E-state index in [0.717, 1.165) is 25.9 Å². The molecule has 20 heavy (non-hydrogen) atoms. The second kappa shape index (κ2) is 7.99. The summed E-state index contributed by atoms with van der Waals surface area (Å²) in [5.41, 5.74) is -0.542. The minimum atomic E-state index is -0.542. The number of unbranched alkanes of at least 4 members (excludes halogenated alkanes) is 1. The van der Waals surface area contributed by atoms with Gasteiger partial charge in [-0.1, -0.05) is 13.8 Å². The zero-order chi connectivity index (χ0) is 15.2. The number of nitrogens with one attached hydrogen (secondary N) is 1. The molecule has 0 bridgehead atoms. The van der Waals surface area contributed by atoms with Gasteiger partial charge in [0.1, 0.15) is 5.54 Å². The average molecular weight is 285 g/mol. The van der Waals surface area contributed by atoms with E-state index in [1.165, 1.54) is 20.0 Å². The summed E-state index contributed by atoms with van der Waals surface area (Å²) in [6.45, 7) is 9.16. The molecule has 0 aromatic heterocycles. The molecule has 0 saturated heterocycles. The molecule has 0 aromatic carbocycles. The molecule has 1 rings (SSSR count). The van der Waals surface area contributed by atoms with Gasteiger partial charge in [-0.3, -0.25) is 10.1 Å². The summed E-state index contributed by atoms with van der Waals surface area (Å²) in [6, 6.07) is 0.497. The molecule has 0 spiro atoms. The number of methoxy groups -OCH3 is 1. The lowest BCUT2D eigenvalue weighted by molar-refractivity contribution is -0.148. The summed E-state index contributed by atoms with van der Waals surface area (Å²) in [5.74, 6) is 0.396. The van der Waals surface area contributed by atoms with Crippen LogP contribution in [0.25, 0.3) is 0 Å². The maximum Gasteiger partial charge on any atom is 0.325 e. The highest BCUT2D eigenvalue weighted by Gasteiger charge is 2.38. The molecule has 1 aliphatic rings. The van der Waals surface area contributed by atoms with Crippen LogP contribution >= 0.6 is 0 Å². The van der Waals surface area contributed by atoms with E-state index in [0.29, 0.717) is 18.1 Å². The number of carbonyl (C=O) groups is 1. The van der Waals surface area contributed by atoms with E-state index in [9.17, 15) is 4.79 Å². The van der Waals surface area contributed by atoms with Crippen molar-refractivity contribution in [1.29, 1.82) is 0 Å². The Balaban J connectivity index is 2.26. The van der Waals surface area contributed by atoms with Crippen LogP contribution in [-0.4, -0.2) is 37.4 Å². The summed E-state index contributed by atoms with van der Waals surface area (Å²) >= 11 is 0. The van der Waals surface area contributed by atoms with E-state index in [1.54, 1.807) is 0 Å². The first-order valence-corrected chi connectivity index (χ1v) is 7.86. The van der Waals surface area contributed by atoms with Gasteiger partial charge < -0.3 is 9.47 Å². The molecule has 2 unspecified atom stereocenters. The van der Waals surface area contributed by atoms with Crippen molar-refractivity contribution >= 4 is 5.97 Å². The predicted octanol–water partition coefficient (Wildman–Crippen LogP) is 2.90. The highest BCUT2D eigenvalue weighted by molar-refractivity contribution is 5.80. The Morgan fingerprint density at radius 3 is 2.45 bits per heavy atom. The molecule has 1 fully saturated rings. The van der Waals surface area contributed by atoms with E-state index in [1.807, 2.05) is 6.92 Å². The van der Waals surface area contributed by atoms with Gasteiger partial charge in [0.05, 0.1) is 13.2 Å². The molecule has 0 aliphatic heterocycles. The van der Waals surface area contributed by atoms with Crippen LogP contribution < -0.4 is 5.32 Å². The minimum absolute atomic E-state index is 0.152. The monoisotopic (exact) mass is 285 g/mol. The first-order valence-electron chi connectivity index (χ1n) is 7.86. The number of ether oxygens (including phenoxy) is 2. The van der Waals surface area contributed by atoms with Crippen molar-refractivity contribution in [3.63, 3.8) is 0 Å². The molecule has 1 N–H and O–H groups in total. The SMILES string of the molecule is COC(=O)C(C)(CCCCOC(C)C(C)C)NC1CC1. The maximum atomic E-state index is 11.9. The molecule has 0 radical (unpaired) electrons. The number of esters is 1. The molecule has 1 aliphatic carbocycles. The zero-order valence-electron chi connectivity index (χ0n) is 13.7. The van der Waals surface area contributed by atoms with Crippen molar-refractivity contribution in [2.45, 2.75) is 77.5 Å². The standard InChI is InChI=1S/C16H31NO3/c1-12(2)13(3)20-11-7-6-10-16(4,15(18)19-5)17-14-8-9-14/h12-14,17H,6-11H2,1-5H3. The van der Waals surface area contributed by atoms with Gasteiger partial charge >= 0.3 is 5.97 Å². The zero-order valence-corrected chi connectivity index (χ0v) is 13.7. The molecule has 118 valence electrons. The van der Waals surface area contributed by atoms with Crippen molar-refractivity contribution in [1.82, 2.24) is 5.32 Å². The fourth-order valence-corrected chi connectivity index (χ4v) is 2.18. The fourth-order valence-electron chi connectivity index (χ4n) is 2.18. The minimum Gasteiger partial charge on any atom is -0.468 e. The van der Waals surface area contributed by atoms with Crippen LogP contribution in [0, 0.1) is 5.92 Å². The summed E-state index contributed by atoms with van der Waals surface area (Å²) in [7, 11) is 1.46. The molecule has 0 aromatic rings. The second-order valence-corrected chi connectivity index (χ2v) is 6.52. The number of rotatable bonds is 10. The van der Waals surface area contributed by atoms with Crippen molar-refractivity contribution in [2.75, 3.05) is 13.7 Å². The molecule has 2 atom stereocenters. The Morgan fingerprint density at radius 1 is 1.30 bits per heavy atom. The summed E-state index contributed by atoms with van der Waals surface area (Å²) < 4.78 is 10.7. The highest BCUT2D eigenvalue weighted by Crippen LogP contribution is 2.26. The Morgan fingerprint density at radius 2 is 1.95 bits per heavy atom. The van der Waals surface area contributed by atoms with Gasteiger partial charge in [-0.25, -0.2) is 0 Å². The van der Waals surface area contributed by atoms with Crippen LogP contribution in [0.15, 0.2) is 0 Å². The Hall–Kier alpha value is -0.610.